The van der Waals surface area contributed by atoms with E-state index in [9.17, 15) is 5.26 Å². The van der Waals surface area contributed by atoms with Crippen molar-refractivity contribution in [2.24, 2.45) is 23.7 Å². The minimum Gasteiger partial charge on any atom is -0.381 e. The number of fused-ring (bicyclic) bond motifs is 5. The van der Waals surface area contributed by atoms with Crippen molar-refractivity contribution >= 4 is 17.4 Å². The van der Waals surface area contributed by atoms with Gasteiger partial charge in [0.05, 0.1) is 11.3 Å². The summed E-state index contributed by atoms with van der Waals surface area (Å²) in [5, 5.41) is 13.2. The van der Waals surface area contributed by atoms with Crippen molar-refractivity contribution in [3.8, 4) is 6.07 Å². The molecule has 0 heterocycles. The molecule has 0 amide bonds. The van der Waals surface area contributed by atoms with Crippen LogP contribution in [-0.2, 0) is 0 Å². The first-order valence-electron chi connectivity index (χ1n) is 7.76. The van der Waals surface area contributed by atoms with Gasteiger partial charge in [0.25, 0.3) is 0 Å². The fourth-order valence-corrected chi connectivity index (χ4v) is 5.53. The number of hydrogen-bond acceptors (Lipinski definition) is 3. The molecule has 104 valence electrons. The number of nitriles is 1. The molecule has 3 heteroatoms. The van der Waals surface area contributed by atoms with E-state index in [1.165, 1.54) is 19.3 Å². The number of thioether (sulfide) groups is 1. The molecule has 4 atom stereocenters. The minimum absolute atomic E-state index is 0.648. The van der Waals surface area contributed by atoms with Crippen molar-refractivity contribution in [2.45, 2.75) is 37.1 Å². The van der Waals surface area contributed by atoms with Crippen LogP contribution in [-0.4, -0.2) is 11.8 Å². The third-order valence-electron chi connectivity index (χ3n) is 5.50. The smallest absolute Gasteiger partial charge is 0.102 e. The molecule has 3 fully saturated rings. The first kappa shape index (κ1) is 12.6. The van der Waals surface area contributed by atoms with Crippen LogP contribution in [0.15, 0.2) is 23.1 Å². The third-order valence-corrected chi connectivity index (χ3v) is 6.44. The van der Waals surface area contributed by atoms with Crippen LogP contribution in [0.25, 0.3) is 0 Å². The molecule has 1 aromatic rings. The van der Waals surface area contributed by atoms with Gasteiger partial charge in [-0.05, 0) is 60.8 Å². The Kier molecular flexibility index (Phi) is 2.96. The second kappa shape index (κ2) is 4.70. The number of nitrogens with one attached hydrogen (secondary N) is 1. The normalized spacial score (nSPS) is 36.5. The van der Waals surface area contributed by atoms with Gasteiger partial charge in [0.1, 0.15) is 6.07 Å². The van der Waals surface area contributed by atoms with Crippen LogP contribution in [0.3, 0.4) is 0 Å². The molecule has 0 spiro atoms. The summed E-state index contributed by atoms with van der Waals surface area (Å²) in [4.78, 5) is 1.12. The fraction of sp³-hybridized carbons (Fsp3) is 0.588. The zero-order valence-corrected chi connectivity index (χ0v) is 12.6. The van der Waals surface area contributed by atoms with Crippen LogP contribution in [0, 0.1) is 35.0 Å². The van der Waals surface area contributed by atoms with Gasteiger partial charge in [-0.2, -0.15) is 5.26 Å². The maximum atomic E-state index is 9.48. The quantitative estimate of drug-likeness (QED) is 0.845. The number of anilines is 1. The van der Waals surface area contributed by atoms with E-state index in [1.807, 2.05) is 0 Å². The molecule has 2 bridgehead atoms. The molecule has 1 aromatic carbocycles. The van der Waals surface area contributed by atoms with Gasteiger partial charge in [0.15, 0.2) is 0 Å². The van der Waals surface area contributed by atoms with Crippen molar-refractivity contribution in [3.05, 3.63) is 23.8 Å². The number of rotatable bonds is 4. The van der Waals surface area contributed by atoms with Gasteiger partial charge in [0.2, 0.25) is 0 Å². The summed E-state index contributed by atoms with van der Waals surface area (Å²) in [6.45, 7) is 2.13. The maximum absolute atomic E-state index is 9.48. The summed E-state index contributed by atoms with van der Waals surface area (Å²) in [6.07, 6.45) is 4.37. The molecule has 0 radical (unpaired) electrons. The van der Waals surface area contributed by atoms with Crippen LogP contribution in [0.1, 0.15) is 31.7 Å². The number of benzene rings is 1. The summed E-state index contributed by atoms with van der Waals surface area (Å²) < 4.78 is 0. The molecule has 0 aliphatic heterocycles. The Morgan fingerprint density at radius 3 is 2.70 bits per heavy atom. The monoisotopic (exact) mass is 284 g/mol. The highest BCUT2D eigenvalue weighted by molar-refractivity contribution is 7.99. The zero-order chi connectivity index (χ0) is 13.7. The van der Waals surface area contributed by atoms with E-state index in [4.69, 9.17) is 0 Å². The molecule has 4 rings (SSSR count). The van der Waals surface area contributed by atoms with Crippen molar-refractivity contribution in [1.29, 1.82) is 5.26 Å². The van der Waals surface area contributed by atoms with Crippen LogP contribution in [0.5, 0.6) is 0 Å². The lowest BCUT2D eigenvalue weighted by atomic mass is 10.0. The second-order valence-electron chi connectivity index (χ2n) is 6.38. The van der Waals surface area contributed by atoms with Crippen LogP contribution < -0.4 is 5.32 Å². The van der Waals surface area contributed by atoms with E-state index in [2.05, 4.69) is 36.5 Å². The van der Waals surface area contributed by atoms with Gasteiger partial charge < -0.3 is 5.32 Å². The molecule has 3 aliphatic rings. The third kappa shape index (κ3) is 1.78. The first-order valence-corrected chi connectivity index (χ1v) is 8.74. The average molecular weight is 284 g/mol. The van der Waals surface area contributed by atoms with Crippen molar-refractivity contribution in [3.63, 3.8) is 0 Å². The van der Waals surface area contributed by atoms with E-state index in [-0.39, 0.29) is 0 Å². The molecule has 4 unspecified atom stereocenters. The Bertz CT molecular complexity index is 561. The molecule has 20 heavy (non-hydrogen) atoms. The topological polar surface area (TPSA) is 35.8 Å². The molecule has 0 aromatic heterocycles. The molecule has 1 N–H and O–H groups in total. The van der Waals surface area contributed by atoms with E-state index in [0.717, 1.165) is 45.6 Å². The number of nitrogens with zero attached hydrogens (tertiary/aromatic N) is 1. The summed E-state index contributed by atoms with van der Waals surface area (Å²) in [6, 6.07) is 9.27. The lowest BCUT2D eigenvalue weighted by Gasteiger charge is -2.14. The lowest BCUT2D eigenvalue weighted by molar-refractivity contribution is 0.456. The zero-order valence-electron chi connectivity index (χ0n) is 11.8. The van der Waals surface area contributed by atoms with Gasteiger partial charge in [-0.25, -0.2) is 0 Å². The molecule has 3 aliphatic carbocycles. The predicted molar refractivity (Wildman–Crippen MR) is 82.8 cm³/mol. The van der Waals surface area contributed by atoms with Gasteiger partial charge in [-0.1, -0.05) is 13.0 Å². The van der Waals surface area contributed by atoms with Crippen LogP contribution in [0.4, 0.5) is 5.69 Å². The minimum atomic E-state index is 0.648. The Morgan fingerprint density at radius 2 is 2.05 bits per heavy atom. The van der Waals surface area contributed by atoms with Gasteiger partial charge >= 0.3 is 0 Å². The fourth-order valence-electron chi connectivity index (χ4n) is 4.74. The van der Waals surface area contributed by atoms with E-state index < -0.39 is 0 Å². The summed E-state index contributed by atoms with van der Waals surface area (Å²) in [5.41, 5.74) is 1.90. The molecule has 2 nitrogen and oxygen atoms in total. The Labute approximate surface area is 124 Å². The molecular weight excluding hydrogens is 264 g/mol. The summed E-state index contributed by atoms with van der Waals surface area (Å²) in [5.74, 6) is 4.77. The SMILES string of the molecule is CCSc1cccc(NC2C3C4CCC(C4)C23)c1C#N. The van der Waals surface area contributed by atoms with Gasteiger partial charge in [0, 0.05) is 10.9 Å². The Balaban J connectivity index is 1.55. The van der Waals surface area contributed by atoms with Gasteiger partial charge in [-0.15, -0.1) is 11.8 Å². The highest BCUT2D eigenvalue weighted by Crippen LogP contribution is 2.66. The Morgan fingerprint density at radius 1 is 1.30 bits per heavy atom. The van der Waals surface area contributed by atoms with Crippen molar-refractivity contribution < 1.29 is 0 Å². The maximum Gasteiger partial charge on any atom is 0.102 e. The van der Waals surface area contributed by atoms with E-state index in [0.29, 0.717) is 6.04 Å². The first-order chi connectivity index (χ1) is 9.83. The molecule has 3 saturated carbocycles. The van der Waals surface area contributed by atoms with E-state index >= 15 is 0 Å². The lowest BCUT2D eigenvalue weighted by Crippen LogP contribution is -2.13. The second-order valence-corrected chi connectivity index (χ2v) is 7.69. The van der Waals surface area contributed by atoms with Crippen LogP contribution in [0.2, 0.25) is 0 Å². The Hall–Kier alpha value is -1.14. The van der Waals surface area contributed by atoms with Crippen molar-refractivity contribution in [1.82, 2.24) is 0 Å². The number of hydrogen-bond donors (Lipinski definition) is 1. The largest absolute Gasteiger partial charge is 0.381 e. The van der Waals surface area contributed by atoms with Gasteiger partial charge in [-0.3, -0.25) is 0 Å². The predicted octanol–water partition coefficient (Wildman–Crippen LogP) is 4.13. The summed E-state index contributed by atoms with van der Waals surface area (Å²) in [7, 11) is 0. The highest BCUT2D eigenvalue weighted by Gasteiger charge is 2.65. The van der Waals surface area contributed by atoms with Crippen LogP contribution >= 0.6 is 11.8 Å². The molecular formula is C17H20N2S. The van der Waals surface area contributed by atoms with E-state index in [1.54, 1.807) is 11.8 Å². The standard InChI is InChI=1S/C17H20N2S/c1-2-20-14-5-3-4-13(12(14)9-18)19-17-15-10-6-7-11(8-10)16(15)17/h3-5,10-11,15-17,19H,2,6-8H2,1H3. The highest BCUT2D eigenvalue weighted by atomic mass is 32.2. The summed E-state index contributed by atoms with van der Waals surface area (Å²) >= 11 is 1.76. The average Bonchev–Trinajstić information content (AvgIpc) is 2.84. The molecule has 0 saturated heterocycles. The van der Waals surface area contributed by atoms with Crippen molar-refractivity contribution in [2.75, 3.05) is 11.1 Å².